The van der Waals surface area contributed by atoms with Gasteiger partial charge in [-0.1, -0.05) is 94.8 Å². The summed E-state index contributed by atoms with van der Waals surface area (Å²) in [5.74, 6) is 0.0286. The summed E-state index contributed by atoms with van der Waals surface area (Å²) in [5.41, 5.74) is 9.29. The van der Waals surface area contributed by atoms with Crippen molar-refractivity contribution in [2.45, 2.75) is 0 Å². The average Bonchev–Trinajstić information content (AvgIpc) is 3.81. The number of carbonyl (C=O) groups is 2. The lowest BCUT2D eigenvalue weighted by Crippen LogP contribution is -2.21. The lowest BCUT2D eigenvalue weighted by Gasteiger charge is -2.14. The van der Waals surface area contributed by atoms with Gasteiger partial charge in [-0.15, -0.1) is 0 Å². The van der Waals surface area contributed by atoms with Crippen molar-refractivity contribution in [3.8, 4) is 16.9 Å². The molecule has 6 nitrogen and oxygen atoms in total. The predicted octanol–water partition coefficient (Wildman–Crippen LogP) is 10.6. The second kappa shape index (κ2) is 16.8. The van der Waals surface area contributed by atoms with Crippen molar-refractivity contribution in [2.75, 3.05) is 28.2 Å². The molecule has 0 atom stereocenters. The van der Waals surface area contributed by atoms with Crippen LogP contribution in [0.5, 0.6) is 0 Å². The molecule has 0 aliphatic heterocycles. The molecule has 0 fully saturated rings. The van der Waals surface area contributed by atoms with E-state index >= 15 is 0 Å². The summed E-state index contributed by atoms with van der Waals surface area (Å²) >= 11 is 3.31. The molecule has 0 bridgehead atoms. The van der Waals surface area contributed by atoms with Crippen molar-refractivity contribution in [1.82, 2.24) is 19.4 Å². The van der Waals surface area contributed by atoms with Crippen molar-refractivity contribution in [3.63, 3.8) is 0 Å². The summed E-state index contributed by atoms with van der Waals surface area (Å²) in [7, 11) is 7.03. The van der Waals surface area contributed by atoms with Crippen LogP contribution in [0, 0.1) is 6.08 Å². The van der Waals surface area contributed by atoms with Crippen LogP contribution in [0.4, 0.5) is 0 Å². The second-order valence-corrected chi connectivity index (χ2v) is 13.7. The van der Waals surface area contributed by atoms with E-state index in [9.17, 15) is 9.59 Å². The van der Waals surface area contributed by atoms with Gasteiger partial charge in [-0.25, -0.2) is 0 Å². The Balaban J connectivity index is 0.000000150. The number of aromatic amines is 1. The highest BCUT2D eigenvalue weighted by atomic mass is 79.9. The van der Waals surface area contributed by atoms with Gasteiger partial charge in [0.15, 0.2) is 0 Å². The first kappa shape index (κ1) is 36.5. The number of carbonyl (C=O) groups excluding carboxylic acids is 2. The van der Waals surface area contributed by atoms with Gasteiger partial charge < -0.3 is 19.4 Å². The molecule has 2 amide bonds. The lowest BCUT2D eigenvalue weighted by molar-refractivity contribution is 0.0820. The third-order valence-corrected chi connectivity index (χ3v) is 9.07. The predicted molar refractivity (Wildman–Crippen MR) is 222 cm³/mol. The van der Waals surface area contributed by atoms with Gasteiger partial charge in [0.1, 0.15) is 17.7 Å². The molecule has 0 spiro atoms. The number of fused-ring (bicyclic) bond motifs is 2. The van der Waals surface area contributed by atoms with Gasteiger partial charge in [0.05, 0.1) is 29.1 Å². The fraction of sp³-hybridized carbons (Fsp3) is 0.0870. The van der Waals surface area contributed by atoms with E-state index in [0.29, 0.717) is 11.1 Å². The minimum atomic E-state index is 0.00423. The van der Waals surface area contributed by atoms with Crippen molar-refractivity contribution in [3.05, 3.63) is 191 Å². The average molecular weight is 761 g/mol. The highest BCUT2D eigenvalue weighted by molar-refractivity contribution is 9.10. The SMILES string of the molecule is CN(C)C(=O)c1cccc(-n2c(-c3ccccc3)cc3ccccc32)c1.CN(C)C(=O)c1cccc(Br)c1.[C+]1=CC=C(c2cc3ccccc3[nH]2)C=C1. The van der Waals surface area contributed by atoms with Crippen molar-refractivity contribution in [2.24, 2.45) is 0 Å². The van der Waals surface area contributed by atoms with Crippen LogP contribution in [0.3, 0.4) is 0 Å². The summed E-state index contributed by atoms with van der Waals surface area (Å²) in [4.78, 5) is 30.4. The number of amides is 2. The van der Waals surface area contributed by atoms with E-state index in [1.54, 1.807) is 44.1 Å². The summed E-state index contributed by atoms with van der Waals surface area (Å²) in [5, 5.41) is 2.43. The zero-order chi connectivity index (χ0) is 37.3. The molecular weight excluding hydrogens is 720 g/mol. The van der Waals surface area contributed by atoms with Crippen LogP contribution in [-0.2, 0) is 0 Å². The smallest absolute Gasteiger partial charge is 0.253 e. The molecule has 8 rings (SSSR count). The number of allylic oxidation sites excluding steroid dienone is 6. The van der Waals surface area contributed by atoms with E-state index < -0.39 is 0 Å². The molecule has 0 unspecified atom stereocenters. The van der Waals surface area contributed by atoms with E-state index in [2.05, 4.69) is 98.3 Å². The number of halogens is 1. The van der Waals surface area contributed by atoms with Gasteiger partial charge in [0.25, 0.3) is 11.8 Å². The van der Waals surface area contributed by atoms with Gasteiger partial charge in [0, 0.05) is 71.8 Å². The van der Waals surface area contributed by atoms with Crippen LogP contribution < -0.4 is 0 Å². The number of para-hydroxylation sites is 2. The van der Waals surface area contributed by atoms with Crippen molar-refractivity contribution >= 4 is 55.1 Å². The molecule has 1 N–H and O–H groups in total. The first-order chi connectivity index (χ1) is 25.7. The highest BCUT2D eigenvalue weighted by Crippen LogP contribution is 2.32. The Morgan fingerprint density at radius 3 is 1.96 bits per heavy atom. The zero-order valence-electron chi connectivity index (χ0n) is 30.1. The van der Waals surface area contributed by atoms with Gasteiger partial charge in [-0.3, -0.25) is 9.59 Å². The van der Waals surface area contributed by atoms with E-state index in [4.69, 9.17) is 0 Å². The Labute approximate surface area is 319 Å². The third-order valence-electron chi connectivity index (χ3n) is 8.57. The number of benzene rings is 5. The fourth-order valence-electron chi connectivity index (χ4n) is 5.97. The number of H-pyrrole nitrogens is 1. The topological polar surface area (TPSA) is 61.3 Å². The second-order valence-electron chi connectivity index (χ2n) is 12.8. The molecule has 5 aromatic carbocycles. The first-order valence-corrected chi connectivity index (χ1v) is 18.0. The molecule has 2 heterocycles. The van der Waals surface area contributed by atoms with Crippen LogP contribution in [0.15, 0.2) is 168 Å². The Morgan fingerprint density at radius 2 is 1.30 bits per heavy atom. The molecule has 0 saturated carbocycles. The molecule has 2 aromatic heterocycles. The Kier molecular flexibility index (Phi) is 11.6. The maximum atomic E-state index is 12.4. The number of nitrogens with one attached hydrogen (secondary N) is 1. The fourth-order valence-corrected chi connectivity index (χ4v) is 6.36. The van der Waals surface area contributed by atoms with Gasteiger partial charge in [-0.2, -0.15) is 0 Å². The molecule has 1 aliphatic rings. The number of nitrogens with zero attached hydrogens (tertiary/aromatic N) is 3. The summed E-state index contributed by atoms with van der Waals surface area (Å²) in [6, 6.07) is 46.5. The quantitative estimate of drug-likeness (QED) is 0.178. The molecule has 0 saturated heterocycles. The third kappa shape index (κ3) is 8.79. The molecule has 7 heteroatoms. The maximum absolute atomic E-state index is 12.4. The maximum Gasteiger partial charge on any atom is 0.253 e. The molecule has 7 aromatic rings. The van der Waals surface area contributed by atoms with Crippen LogP contribution in [0.25, 0.3) is 44.3 Å². The number of rotatable bonds is 5. The van der Waals surface area contributed by atoms with Gasteiger partial charge >= 0.3 is 0 Å². The Bertz CT molecular complexity index is 2430. The number of hydrogen-bond donors (Lipinski definition) is 1. The van der Waals surface area contributed by atoms with E-state index in [-0.39, 0.29) is 11.8 Å². The largest absolute Gasteiger partial charge is 0.353 e. The normalized spacial score (nSPS) is 11.5. The van der Waals surface area contributed by atoms with Crippen LogP contribution in [0.2, 0.25) is 0 Å². The minimum Gasteiger partial charge on any atom is -0.353 e. The number of aromatic nitrogens is 2. The van der Waals surface area contributed by atoms with Crippen LogP contribution in [0.1, 0.15) is 26.4 Å². The summed E-state index contributed by atoms with van der Waals surface area (Å²) < 4.78 is 3.15. The highest BCUT2D eigenvalue weighted by Gasteiger charge is 2.15. The van der Waals surface area contributed by atoms with Crippen LogP contribution in [-0.4, -0.2) is 59.4 Å². The monoisotopic (exact) mass is 759 g/mol. The molecule has 262 valence electrons. The summed E-state index contributed by atoms with van der Waals surface area (Å²) in [6.07, 6.45) is 11.0. The van der Waals surface area contributed by atoms with Crippen LogP contribution >= 0.6 is 15.9 Å². The Morgan fingerprint density at radius 1 is 0.660 bits per heavy atom. The number of hydrogen-bond acceptors (Lipinski definition) is 2. The Hall–Kier alpha value is -6.27. The zero-order valence-corrected chi connectivity index (χ0v) is 31.7. The van der Waals surface area contributed by atoms with E-state index in [1.165, 1.54) is 21.9 Å². The van der Waals surface area contributed by atoms with E-state index in [0.717, 1.165) is 32.6 Å². The minimum absolute atomic E-state index is 0.00423. The van der Waals surface area contributed by atoms with Gasteiger partial charge in [0.2, 0.25) is 0 Å². The summed E-state index contributed by atoms with van der Waals surface area (Å²) in [6.45, 7) is 0. The molecule has 0 radical (unpaired) electrons. The lowest BCUT2D eigenvalue weighted by atomic mass is 10.1. The molecule has 53 heavy (non-hydrogen) atoms. The van der Waals surface area contributed by atoms with E-state index in [1.807, 2.05) is 91.0 Å². The molecule has 1 aliphatic carbocycles. The van der Waals surface area contributed by atoms with Crippen molar-refractivity contribution < 1.29 is 9.59 Å². The van der Waals surface area contributed by atoms with Gasteiger partial charge in [-0.05, 0) is 66.2 Å². The van der Waals surface area contributed by atoms with Crippen molar-refractivity contribution in [1.29, 1.82) is 0 Å². The first-order valence-electron chi connectivity index (χ1n) is 17.2. The standard InChI is InChI=1S/C23H20N2O.C14H10N.C9H10BrNO/c1-24(2)23(26)19-12-8-13-20(15-19)25-21-14-7-6-11-18(21)16-22(25)17-9-4-3-5-10-17;1-2-6-11(7-3-1)14-10-12-8-4-5-9-13(12)15-14;1-11(2)9(12)7-4-3-5-8(10)6-7/h3-16H,1-2H3;2-10,15H;3-6H,1-2H3/q;+1;. The molecular formula is C46H40BrN4O2+.